The summed E-state index contributed by atoms with van der Waals surface area (Å²) in [4.78, 5) is 2.96. The van der Waals surface area contributed by atoms with Gasteiger partial charge in [0, 0.05) is 12.1 Å². The minimum atomic E-state index is -4.70. The lowest BCUT2D eigenvalue weighted by molar-refractivity contribution is 0.463. The number of anilines is 2. The minimum absolute atomic E-state index is 0.175. The first kappa shape index (κ1) is 13.0. The van der Waals surface area contributed by atoms with Crippen molar-refractivity contribution in [3.63, 3.8) is 0 Å². The maximum atomic E-state index is 11.4. The van der Waals surface area contributed by atoms with Gasteiger partial charge in [0.2, 0.25) is 5.39 Å². The third-order valence-corrected chi connectivity index (χ3v) is 3.28. The SMILES string of the molecule is N#[N+]c1ccc(N(c2ccccc2)S(=O)(=O)[O-])cc1. The standard InChI is InChI=1S/C12H9N3O3S/c13-14-10-6-8-12(9-7-10)15(19(16,17)18)11-4-2-1-3-5-11/h1-9H. The van der Waals surface area contributed by atoms with Crippen LogP contribution >= 0.6 is 0 Å². The Bertz CT molecular complexity index is 706. The topological polar surface area (TPSA) is 88.6 Å². The fraction of sp³-hybridized carbons (Fsp3) is 0. The van der Waals surface area contributed by atoms with Crippen molar-refractivity contribution >= 4 is 27.4 Å². The molecule has 0 heterocycles. The van der Waals surface area contributed by atoms with Gasteiger partial charge in [0.05, 0.1) is 11.4 Å². The highest BCUT2D eigenvalue weighted by Crippen LogP contribution is 2.29. The Kier molecular flexibility index (Phi) is 3.46. The van der Waals surface area contributed by atoms with E-state index in [1.54, 1.807) is 18.2 Å². The van der Waals surface area contributed by atoms with Crippen LogP contribution in [0.3, 0.4) is 0 Å². The molecule has 0 aliphatic rings. The molecule has 0 fully saturated rings. The second kappa shape index (κ2) is 5.06. The molecule has 0 N–H and O–H groups in total. The quantitative estimate of drug-likeness (QED) is 0.636. The van der Waals surface area contributed by atoms with Crippen LogP contribution in [0.2, 0.25) is 0 Å². The molecule has 0 aromatic heterocycles. The van der Waals surface area contributed by atoms with Gasteiger partial charge in [-0.2, -0.15) is 0 Å². The molecule has 2 rings (SSSR count). The number of nitrogens with zero attached hydrogens (tertiary/aromatic N) is 3. The largest absolute Gasteiger partial charge is 0.731 e. The van der Waals surface area contributed by atoms with E-state index in [4.69, 9.17) is 5.39 Å². The second-order valence-electron chi connectivity index (χ2n) is 3.67. The van der Waals surface area contributed by atoms with E-state index in [1.165, 1.54) is 36.4 Å². The molecule has 19 heavy (non-hydrogen) atoms. The molecule has 0 saturated heterocycles. The lowest BCUT2D eigenvalue weighted by Crippen LogP contribution is -2.25. The molecule has 96 valence electrons. The lowest BCUT2D eigenvalue weighted by atomic mass is 10.2. The zero-order valence-electron chi connectivity index (χ0n) is 9.67. The highest BCUT2D eigenvalue weighted by atomic mass is 32.2. The van der Waals surface area contributed by atoms with Crippen LogP contribution in [0.1, 0.15) is 0 Å². The average molecular weight is 275 g/mol. The average Bonchev–Trinajstić information content (AvgIpc) is 2.39. The van der Waals surface area contributed by atoms with Gasteiger partial charge in [0.15, 0.2) is 15.3 Å². The number of benzene rings is 2. The monoisotopic (exact) mass is 275 g/mol. The summed E-state index contributed by atoms with van der Waals surface area (Å²) in [6.07, 6.45) is 0. The fourth-order valence-electron chi connectivity index (χ4n) is 1.63. The number of para-hydroxylation sites is 1. The van der Waals surface area contributed by atoms with Gasteiger partial charge in [-0.1, -0.05) is 18.2 Å². The smallest absolute Gasteiger partial charge is 0.385 e. The van der Waals surface area contributed by atoms with Gasteiger partial charge in [-0.25, -0.2) is 12.7 Å². The molecule has 6 nitrogen and oxygen atoms in total. The van der Waals surface area contributed by atoms with Crippen LogP contribution in [-0.4, -0.2) is 13.0 Å². The van der Waals surface area contributed by atoms with Crippen LogP contribution in [0.15, 0.2) is 54.6 Å². The van der Waals surface area contributed by atoms with Crippen molar-refractivity contribution < 1.29 is 13.0 Å². The zero-order chi connectivity index (χ0) is 13.9. The van der Waals surface area contributed by atoms with Gasteiger partial charge in [0.1, 0.15) is 0 Å². The fourth-order valence-corrected chi connectivity index (χ4v) is 2.39. The van der Waals surface area contributed by atoms with Gasteiger partial charge in [-0.15, -0.1) is 0 Å². The Hall–Kier alpha value is -2.43. The molecule has 0 radical (unpaired) electrons. The normalized spacial score (nSPS) is 10.7. The van der Waals surface area contributed by atoms with Crippen molar-refractivity contribution in [3.8, 4) is 0 Å². The summed E-state index contributed by atoms with van der Waals surface area (Å²) in [6.45, 7) is 0. The Morgan fingerprint density at radius 3 is 1.95 bits per heavy atom. The molecule has 0 unspecified atom stereocenters. The van der Waals surface area contributed by atoms with Crippen LogP contribution in [0, 0.1) is 5.39 Å². The molecule has 0 spiro atoms. The third kappa shape index (κ3) is 2.88. The summed E-state index contributed by atoms with van der Waals surface area (Å²) in [5.74, 6) is 0. The highest BCUT2D eigenvalue weighted by molar-refractivity contribution is 7.87. The molecule has 0 aliphatic carbocycles. The van der Waals surface area contributed by atoms with Crippen molar-refractivity contribution in [1.82, 2.24) is 0 Å². The molecule has 7 heteroatoms. The zero-order valence-corrected chi connectivity index (χ0v) is 10.5. The third-order valence-electron chi connectivity index (χ3n) is 2.41. The molecule has 0 bridgehead atoms. The first-order valence-corrected chi connectivity index (χ1v) is 6.65. The summed E-state index contributed by atoms with van der Waals surface area (Å²) in [6, 6.07) is 13.6. The summed E-state index contributed by atoms with van der Waals surface area (Å²) in [5, 5.41) is 8.58. The number of rotatable bonds is 3. The minimum Gasteiger partial charge on any atom is -0.731 e. The molecular formula is C12H9N3O3S. The van der Waals surface area contributed by atoms with Crippen LogP contribution in [-0.2, 0) is 10.3 Å². The molecule has 0 atom stereocenters. The summed E-state index contributed by atoms with van der Waals surface area (Å²) >= 11 is 0. The predicted octanol–water partition coefficient (Wildman–Crippen LogP) is 2.77. The van der Waals surface area contributed by atoms with Gasteiger partial charge >= 0.3 is 5.69 Å². The summed E-state index contributed by atoms with van der Waals surface area (Å²) in [7, 11) is -4.70. The van der Waals surface area contributed by atoms with E-state index in [0.717, 1.165) is 0 Å². The Labute approximate surface area is 110 Å². The first-order valence-electron chi connectivity index (χ1n) is 5.29. The maximum absolute atomic E-state index is 11.4. The number of hydrogen-bond donors (Lipinski definition) is 0. The molecular weight excluding hydrogens is 266 g/mol. The lowest BCUT2D eigenvalue weighted by Gasteiger charge is -2.26. The summed E-state index contributed by atoms with van der Waals surface area (Å²) < 4.78 is 34.8. The van der Waals surface area contributed by atoms with Gasteiger partial charge < -0.3 is 4.55 Å². The van der Waals surface area contributed by atoms with E-state index in [0.29, 0.717) is 4.31 Å². The van der Waals surface area contributed by atoms with Crippen LogP contribution < -0.4 is 4.31 Å². The van der Waals surface area contributed by atoms with E-state index in [9.17, 15) is 13.0 Å². The summed E-state index contributed by atoms with van der Waals surface area (Å²) in [5.41, 5.74) is 0.680. The van der Waals surface area contributed by atoms with E-state index in [-0.39, 0.29) is 17.1 Å². The molecule has 0 aliphatic heterocycles. The van der Waals surface area contributed by atoms with Crippen molar-refractivity contribution in [1.29, 1.82) is 5.39 Å². The highest BCUT2D eigenvalue weighted by Gasteiger charge is 2.16. The molecule has 2 aromatic rings. The predicted molar refractivity (Wildman–Crippen MR) is 69.5 cm³/mol. The maximum Gasteiger partial charge on any atom is 0.385 e. The van der Waals surface area contributed by atoms with Crippen LogP contribution in [0.25, 0.3) is 4.98 Å². The van der Waals surface area contributed by atoms with Crippen molar-refractivity contribution in [2.75, 3.05) is 4.31 Å². The van der Waals surface area contributed by atoms with Gasteiger partial charge in [-0.05, 0) is 24.3 Å². The number of hydrogen-bond acceptors (Lipinski definition) is 4. The molecule has 2 aromatic carbocycles. The number of diazo groups is 1. The van der Waals surface area contributed by atoms with Gasteiger partial charge in [0.25, 0.3) is 0 Å². The Balaban J connectivity index is 2.54. The van der Waals surface area contributed by atoms with E-state index in [2.05, 4.69) is 4.98 Å². The van der Waals surface area contributed by atoms with Gasteiger partial charge in [-0.3, -0.25) is 0 Å². The van der Waals surface area contributed by atoms with Crippen molar-refractivity contribution in [3.05, 3.63) is 59.6 Å². The second-order valence-corrected chi connectivity index (χ2v) is 4.89. The first-order chi connectivity index (χ1) is 9.02. The van der Waals surface area contributed by atoms with Crippen LogP contribution in [0.5, 0.6) is 0 Å². The van der Waals surface area contributed by atoms with E-state index < -0.39 is 10.3 Å². The Morgan fingerprint density at radius 2 is 1.47 bits per heavy atom. The molecule has 0 amide bonds. The van der Waals surface area contributed by atoms with Crippen molar-refractivity contribution in [2.24, 2.45) is 0 Å². The van der Waals surface area contributed by atoms with E-state index >= 15 is 0 Å². The van der Waals surface area contributed by atoms with Crippen LogP contribution in [0.4, 0.5) is 17.1 Å². The molecule has 0 saturated carbocycles. The Morgan fingerprint density at radius 1 is 0.947 bits per heavy atom. The van der Waals surface area contributed by atoms with E-state index in [1.807, 2.05) is 0 Å². The van der Waals surface area contributed by atoms with Crippen molar-refractivity contribution in [2.45, 2.75) is 0 Å².